The van der Waals surface area contributed by atoms with Crippen molar-refractivity contribution in [2.45, 2.75) is 6.92 Å². The topological polar surface area (TPSA) is 86.3 Å². The largest absolute Gasteiger partial charge is 0.503 e. The van der Waals surface area contributed by atoms with Crippen molar-refractivity contribution in [1.29, 1.82) is 0 Å². The number of phenols is 1. The van der Waals surface area contributed by atoms with Crippen LogP contribution in [0.3, 0.4) is 0 Å². The van der Waals surface area contributed by atoms with Gasteiger partial charge < -0.3 is 29.4 Å². The number of carbonyl (C=O) groups is 1. The molecule has 3 rings (SSSR count). The fourth-order valence-electron chi connectivity index (χ4n) is 3.52. The minimum atomic E-state index is -0.155. The molecule has 0 saturated heterocycles. The second-order valence-corrected chi connectivity index (χ2v) is 7.58. The Morgan fingerprint density at radius 2 is 1.54 bits per heavy atom. The van der Waals surface area contributed by atoms with Crippen LogP contribution in [0.1, 0.15) is 27.0 Å². The highest BCUT2D eigenvalue weighted by molar-refractivity contribution is 6.04. The molecule has 0 aliphatic rings. The molecular formula is C28H29NO6. The third-order valence-electron chi connectivity index (χ3n) is 5.30. The second-order valence-electron chi connectivity index (χ2n) is 7.58. The molecule has 0 spiro atoms. The van der Waals surface area contributed by atoms with Crippen LogP contribution in [-0.2, 0) is 0 Å². The van der Waals surface area contributed by atoms with E-state index in [9.17, 15) is 9.90 Å². The predicted octanol–water partition coefficient (Wildman–Crippen LogP) is 5.71. The van der Waals surface area contributed by atoms with Crippen LogP contribution in [-0.4, -0.2) is 39.3 Å². The summed E-state index contributed by atoms with van der Waals surface area (Å²) >= 11 is 0. The molecule has 7 nitrogen and oxygen atoms in total. The van der Waals surface area contributed by atoms with Crippen molar-refractivity contribution in [3.8, 4) is 28.7 Å². The van der Waals surface area contributed by atoms with Gasteiger partial charge in [0.2, 0.25) is 5.75 Å². The molecule has 0 unspecified atom stereocenters. The van der Waals surface area contributed by atoms with E-state index in [1.165, 1.54) is 19.4 Å². The Morgan fingerprint density at radius 1 is 0.857 bits per heavy atom. The van der Waals surface area contributed by atoms with Gasteiger partial charge in [-0.05, 0) is 42.8 Å². The number of nitrogens with one attached hydrogen (secondary N) is 1. The number of allylic oxidation sites excluding steroid dienone is 1. The lowest BCUT2D eigenvalue weighted by Crippen LogP contribution is -1.98. The van der Waals surface area contributed by atoms with Crippen molar-refractivity contribution < 1.29 is 28.8 Å². The second kappa shape index (κ2) is 11.7. The lowest BCUT2D eigenvalue weighted by molar-refractivity contribution is 0.104. The van der Waals surface area contributed by atoms with Gasteiger partial charge in [0, 0.05) is 23.4 Å². The van der Waals surface area contributed by atoms with E-state index >= 15 is 0 Å². The summed E-state index contributed by atoms with van der Waals surface area (Å²) in [6.07, 6.45) is 6.58. The predicted molar refractivity (Wildman–Crippen MR) is 138 cm³/mol. The summed E-state index contributed by atoms with van der Waals surface area (Å²) in [7, 11) is 6.13. The molecule has 0 saturated carbocycles. The van der Waals surface area contributed by atoms with Crippen molar-refractivity contribution in [2.24, 2.45) is 0 Å². The molecule has 0 bridgehead atoms. The van der Waals surface area contributed by atoms with Gasteiger partial charge in [0.25, 0.3) is 0 Å². The van der Waals surface area contributed by atoms with E-state index in [1.807, 2.05) is 49.4 Å². The molecule has 0 atom stereocenters. The number of anilines is 1. The molecular weight excluding hydrogens is 446 g/mol. The molecule has 182 valence electrons. The summed E-state index contributed by atoms with van der Waals surface area (Å²) in [5.74, 6) is 1.63. The summed E-state index contributed by atoms with van der Waals surface area (Å²) in [5, 5.41) is 13.7. The Hall–Kier alpha value is -4.39. The highest BCUT2D eigenvalue weighted by atomic mass is 16.5. The third-order valence-corrected chi connectivity index (χ3v) is 5.30. The maximum atomic E-state index is 12.5. The summed E-state index contributed by atoms with van der Waals surface area (Å²) in [5.41, 5.74) is 3.44. The van der Waals surface area contributed by atoms with Crippen LogP contribution >= 0.6 is 0 Å². The van der Waals surface area contributed by atoms with Gasteiger partial charge in [0.15, 0.2) is 28.8 Å². The van der Waals surface area contributed by atoms with E-state index in [0.717, 1.165) is 11.1 Å². The van der Waals surface area contributed by atoms with Gasteiger partial charge in [-0.2, -0.15) is 0 Å². The first-order valence-corrected chi connectivity index (χ1v) is 10.8. The highest BCUT2D eigenvalue weighted by Crippen LogP contribution is 2.40. The average Bonchev–Trinajstić information content (AvgIpc) is 2.87. The van der Waals surface area contributed by atoms with Gasteiger partial charge >= 0.3 is 0 Å². The molecule has 0 amide bonds. The zero-order chi connectivity index (χ0) is 25.4. The Labute approximate surface area is 205 Å². The Bertz CT molecular complexity index is 1240. The van der Waals surface area contributed by atoms with Gasteiger partial charge in [0.05, 0.1) is 34.1 Å². The number of ketones is 1. The van der Waals surface area contributed by atoms with Crippen molar-refractivity contribution in [2.75, 3.05) is 33.8 Å². The number of phenolic OH excluding ortho intramolecular Hbond substituents is 1. The molecule has 0 aromatic heterocycles. The summed E-state index contributed by atoms with van der Waals surface area (Å²) in [4.78, 5) is 12.5. The number of ether oxygens (including phenoxy) is 4. The molecule has 2 N–H and O–H groups in total. The zero-order valence-electron chi connectivity index (χ0n) is 20.4. The number of aryl methyl sites for hydroxylation is 1. The number of rotatable bonds is 10. The molecule has 0 aliphatic carbocycles. The van der Waals surface area contributed by atoms with Gasteiger partial charge in [-0.1, -0.05) is 35.9 Å². The summed E-state index contributed by atoms with van der Waals surface area (Å²) in [6.45, 7) is 1.93. The van der Waals surface area contributed by atoms with Crippen LogP contribution < -0.4 is 24.3 Å². The van der Waals surface area contributed by atoms with Crippen molar-refractivity contribution in [3.05, 3.63) is 83.1 Å². The maximum absolute atomic E-state index is 12.5. The van der Waals surface area contributed by atoms with E-state index in [-0.39, 0.29) is 11.5 Å². The Morgan fingerprint density at radius 3 is 2.14 bits per heavy atom. The maximum Gasteiger partial charge on any atom is 0.203 e. The van der Waals surface area contributed by atoms with Gasteiger partial charge in [0.1, 0.15) is 0 Å². The number of hydrogen-bond donors (Lipinski definition) is 2. The van der Waals surface area contributed by atoms with Crippen LogP contribution in [0.25, 0.3) is 12.2 Å². The minimum Gasteiger partial charge on any atom is -0.503 e. The lowest BCUT2D eigenvalue weighted by Gasteiger charge is -2.13. The van der Waals surface area contributed by atoms with E-state index in [2.05, 4.69) is 5.32 Å². The molecule has 0 heterocycles. The Balaban J connectivity index is 1.92. The molecule has 0 aliphatic heterocycles. The Kier molecular flexibility index (Phi) is 8.40. The quantitative estimate of drug-likeness (QED) is 0.168. The third kappa shape index (κ3) is 5.95. The number of methoxy groups -OCH3 is 4. The fraction of sp³-hybridized carbons (Fsp3) is 0.179. The van der Waals surface area contributed by atoms with Crippen LogP contribution in [0.5, 0.6) is 28.7 Å². The van der Waals surface area contributed by atoms with Crippen molar-refractivity contribution >= 4 is 23.6 Å². The van der Waals surface area contributed by atoms with Crippen LogP contribution in [0.2, 0.25) is 0 Å². The summed E-state index contributed by atoms with van der Waals surface area (Å²) in [6, 6.07) is 14.4. The van der Waals surface area contributed by atoms with Crippen molar-refractivity contribution in [1.82, 2.24) is 0 Å². The highest BCUT2D eigenvalue weighted by Gasteiger charge is 2.14. The molecule has 0 fully saturated rings. The lowest BCUT2D eigenvalue weighted by atomic mass is 10.1. The molecule has 3 aromatic rings. The normalized spacial score (nSPS) is 11.0. The number of aromatic hydroxyl groups is 1. The standard InChI is InChI=1S/C28H29NO6/c1-18-7-6-8-21(15-18)22(30)13-14-29-26-20(11-12-23(32-2)27(26)31)10-9-19-16-24(33-3)28(35-5)25(17-19)34-4/h6-17,29,31H,1-5H3/b10-9-,14-13-. The first-order valence-electron chi connectivity index (χ1n) is 10.8. The number of benzene rings is 3. The van der Waals surface area contributed by atoms with Crippen LogP contribution in [0.15, 0.2) is 60.8 Å². The molecule has 35 heavy (non-hydrogen) atoms. The van der Waals surface area contributed by atoms with Gasteiger partial charge in [-0.25, -0.2) is 0 Å². The summed E-state index contributed by atoms with van der Waals surface area (Å²) < 4.78 is 21.4. The number of hydrogen-bond acceptors (Lipinski definition) is 7. The van der Waals surface area contributed by atoms with Crippen molar-refractivity contribution in [3.63, 3.8) is 0 Å². The smallest absolute Gasteiger partial charge is 0.203 e. The monoisotopic (exact) mass is 475 g/mol. The first-order chi connectivity index (χ1) is 16.9. The van der Waals surface area contributed by atoms with E-state index in [4.69, 9.17) is 18.9 Å². The minimum absolute atomic E-state index is 0.0767. The zero-order valence-corrected chi connectivity index (χ0v) is 20.4. The first kappa shape index (κ1) is 25.2. The fourth-order valence-corrected chi connectivity index (χ4v) is 3.52. The van der Waals surface area contributed by atoms with Crippen LogP contribution in [0, 0.1) is 6.92 Å². The van der Waals surface area contributed by atoms with Crippen LogP contribution in [0.4, 0.5) is 5.69 Å². The number of carbonyl (C=O) groups excluding carboxylic acids is 1. The van der Waals surface area contributed by atoms with E-state index in [1.54, 1.807) is 39.5 Å². The van der Waals surface area contributed by atoms with E-state index in [0.29, 0.717) is 39.8 Å². The molecule has 3 aromatic carbocycles. The SMILES string of the molecule is COc1ccc(/C=C\c2cc(OC)c(OC)c(OC)c2)c(N/C=C\C(=O)c2cccc(C)c2)c1O. The molecule has 0 radical (unpaired) electrons. The average molecular weight is 476 g/mol. The van der Waals surface area contributed by atoms with Gasteiger partial charge in [-0.3, -0.25) is 4.79 Å². The molecule has 7 heteroatoms. The van der Waals surface area contributed by atoms with Gasteiger partial charge in [-0.15, -0.1) is 0 Å². The van der Waals surface area contributed by atoms with E-state index < -0.39 is 0 Å².